The topological polar surface area (TPSA) is 264 Å². The maximum atomic E-state index is 14.0. The molecule has 4 rings (SSSR count). The van der Waals surface area contributed by atoms with E-state index in [-0.39, 0.29) is 24.7 Å². The molecular weight excluding hydrogens is 883 g/mol. The van der Waals surface area contributed by atoms with Crippen LogP contribution in [0.2, 0.25) is 0 Å². The molecule has 0 saturated carbocycles. The van der Waals surface area contributed by atoms with Gasteiger partial charge in [0.25, 0.3) is 0 Å². The number of piperidine rings is 1. The molecule has 20 heteroatoms. The summed E-state index contributed by atoms with van der Waals surface area (Å²) in [5.41, 5.74) is 0.761. The van der Waals surface area contributed by atoms with Gasteiger partial charge < -0.3 is 78.1 Å². The minimum atomic E-state index is -4.64. The number of cyclic esters (lactones) is 1. The van der Waals surface area contributed by atoms with Gasteiger partial charge in [-0.15, -0.1) is 0 Å². The molecule has 7 N–H and O–H groups in total. The van der Waals surface area contributed by atoms with Crippen LogP contribution in [0.25, 0.3) is 0 Å². The Morgan fingerprint density at radius 3 is 1.95 bits per heavy atom. The molecule has 0 bridgehead atoms. The number of nitrogens with zero attached hydrogens (tertiary/aromatic N) is 2. The van der Waals surface area contributed by atoms with Crippen LogP contribution in [0.3, 0.4) is 0 Å². The van der Waals surface area contributed by atoms with Gasteiger partial charge >= 0.3 is 13.8 Å². The van der Waals surface area contributed by atoms with E-state index in [1.165, 1.54) is 20.6 Å². The fourth-order valence-corrected chi connectivity index (χ4v) is 10.0. The number of methoxy groups -OCH3 is 2. The number of hydrogen-bond acceptors (Lipinski definition) is 16. The van der Waals surface area contributed by atoms with Gasteiger partial charge in [0, 0.05) is 45.1 Å². The molecule has 384 valence electrons. The summed E-state index contributed by atoms with van der Waals surface area (Å²) in [7, 11) is 1.90. The molecule has 66 heavy (non-hydrogen) atoms. The highest BCUT2D eigenvalue weighted by Crippen LogP contribution is 2.36. The second-order valence-corrected chi connectivity index (χ2v) is 20.5. The molecule has 0 amide bonds. The van der Waals surface area contributed by atoms with E-state index in [1.54, 1.807) is 45.0 Å². The van der Waals surface area contributed by atoms with Crippen LogP contribution in [0.1, 0.15) is 87.5 Å². The summed E-state index contributed by atoms with van der Waals surface area (Å²) in [5.74, 6) is -1.46. The second kappa shape index (κ2) is 27.0. The highest BCUT2D eigenvalue weighted by Gasteiger charge is 2.48. The number of rotatable bonds is 12. The van der Waals surface area contributed by atoms with E-state index in [0.29, 0.717) is 31.1 Å². The number of ether oxygens (including phenoxy) is 7. The van der Waals surface area contributed by atoms with Gasteiger partial charge in [-0.1, -0.05) is 52.3 Å². The molecule has 0 aliphatic carbocycles. The number of phosphoric acid groups is 1. The van der Waals surface area contributed by atoms with Crippen LogP contribution in [-0.2, 0) is 47.3 Å². The van der Waals surface area contributed by atoms with Crippen LogP contribution in [-0.4, -0.2) is 191 Å². The van der Waals surface area contributed by atoms with Crippen LogP contribution in [0.4, 0.5) is 0 Å². The SMILES string of the molecule is CC[C@H]1OC(=O)C[C@@H](O)[C@H](C)[C@@H](O[C@@H]2O[C@H](C)[C@@H](O)[C@H](N(C)C)[C@H]2O)[C@@H](CCN2C[C@H](C)C[C@H](C)C2)C[C@@H](C)C(=O)/C=C\C(C)=C\[C@@H]1CO[C@@H]1O[C@H](C)[C@@H](O)[C@@H](OC)[C@H]1OC.O=P(O)(O)O. The summed E-state index contributed by atoms with van der Waals surface area (Å²) in [6.45, 7) is 18.2. The fraction of sp³-hybridized carbons (Fsp3) is 0.870. The van der Waals surface area contributed by atoms with Gasteiger partial charge in [0.05, 0.1) is 49.6 Å². The highest BCUT2D eigenvalue weighted by molar-refractivity contribution is 7.45. The van der Waals surface area contributed by atoms with E-state index in [2.05, 4.69) is 18.7 Å². The number of hydrogen-bond donors (Lipinski definition) is 7. The van der Waals surface area contributed by atoms with E-state index in [4.69, 9.17) is 52.4 Å². The number of esters is 1. The van der Waals surface area contributed by atoms with Crippen LogP contribution < -0.4 is 0 Å². The minimum absolute atomic E-state index is 0.0427. The van der Waals surface area contributed by atoms with Crippen molar-refractivity contribution in [1.82, 2.24) is 9.80 Å². The highest BCUT2D eigenvalue weighted by atomic mass is 31.2. The van der Waals surface area contributed by atoms with Crippen LogP contribution in [0, 0.1) is 35.5 Å². The molecule has 19 nitrogen and oxygen atoms in total. The third-order valence-corrected chi connectivity index (χ3v) is 13.5. The summed E-state index contributed by atoms with van der Waals surface area (Å²) < 4.78 is 51.5. The van der Waals surface area contributed by atoms with Crippen molar-refractivity contribution in [3.8, 4) is 0 Å². The van der Waals surface area contributed by atoms with Crippen LogP contribution in [0.15, 0.2) is 23.8 Å². The molecule has 4 aliphatic heterocycles. The maximum absolute atomic E-state index is 14.0. The molecule has 0 unspecified atom stereocenters. The monoisotopic (exact) mass is 967 g/mol. The minimum Gasteiger partial charge on any atom is -0.462 e. The van der Waals surface area contributed by atoms with Crippen LogP contribution >= 0.6 is 7.82 Å². The number of allylic oxidation sites excluding steroid dienone is 3. The van der Waals surface area contributed by atoms with E-state index < -0.39 is 111 Å². The Kier molecular flexibility index (Phi) is 24.0. The first-order valence-corrected chi connectivity index (χ1v) is 25.0. The lowest BCUT2D eigenvalue weighted by Gasteiger charge is -2.47. The van der Waals surface area contributed by atoms with E-state index in [0.717, 1.165) is 25.2 Å². The molecule has 3 saturated heterocycles. The molecular formula is C46H83N2O17P. The molecule has 0 spiro atoms. The molecule has 0 aromatic heterocycles. The lowest BCUT2D eigenvalue weighted by Crippen LogP contribution is -2.63. The fourth-order valence-electron chi connectivity index (χ4n) is 10.0. The van der Waals surface area contributed by atoms with Crippen molar-refractivity contribution in [3.05, 3.63) is 23.8 Å². The Morgan fingerprint density at radius 1 is 0.818 bits per heavy atom. The van der Waals surface area contributed by atoms with Crippen LogP contribution in [0.5, 0.6) is 0 Å². The lowest BCUT2D eigenvalue weighted by atomic mass is 9.79. The van der Waals surface area contributed by atoms with E-state index >= 15 is 0 Å². The summed E-state index contributed by atoms with van der Waals surface area (Å²) in [4.78, 5) is 53.6. The van der Waals surface area contributed by atoms with E-state index in [9.17, 15) is 30.0 Å². The predicted octanol–water partition coefficient (Wildman–Crippen LogP) is 2.41. The zero-order valence-corrected chi connectivity index (χ0v) is 42.0. The Hall–Kier alpha value is -1.75. The van der Waals surface area contributed by atoms with Crippen molar-refractivity contribution in [2.75, 3.05) is 54.6 Å². The number of ketones is 1. The standard InChI is InChI=1S/C46H80N2O13.H3O4P/c1-13-36-33(24-57-46-44(56-12)43(55-11)40(53)31(8)59-46)19-25(2)14-15-34(49)28(5)20-32(16-17-48-22-26(3)18-27(4)23-48)42(29(6)35(50)21-37(51)60-36)61-45-41(54)38(47(9)10)39(52)30(7)58-45;1-5(2,3)4/h14-15,19,26-33,35-36,38-46,50,52-54H,13,16-18,20-24H2,1-12H3;(H3,1,2,3,4)/b15-14-,25-19+;/t26-,27+,28-,29+,30-,31-,32+,33-,35-,36-,38+,39-,40-,41-,42-,43-,44-,45+,46-;/m1./s1. The third kappa shape index (κ3) is 17.6. The molecule has 3 fully saturated rings. The van der Waals surface area contributed by atoms with Gasteiger partial charge in [-0.2, -0.15) is 0 Å². The summed E-state index contributed by atoms with van der Waals surface area (Å²) in [6.07, 6.45) is -2.96. The van der Waals surface area contributed by atoms with Gasteiger partial charge in [0.2, 0.25) is 0 Å². The molecule has 0 radical (unpaired) electrons. The second-order valence-electron chi connectivity index (χ2n) is 19.5. The third-order valence-electron chi connectivity index (χ3n) is 13.5. The first-order chi connectivity index (χ1) is 30.8. The number of carbonyl (C=O) groups is 2. The number of aliphatic hydroxyl groups is 4. The maximum Gasteiger partial charge on any atom is 0.466 e. The van der Waals surface area contributed by atoms with Gasteiger partial charge in [-0.25, -0.2) is 4.57 Å². The van der Waals surface area contributed by atoms with Gasteiger partial charge in [-0.05, 0) is 90.9 Å². The Labute approximate surface area is 392 Å². The summed E-state index contributed by atoms with van der Waals surface area (Å²) >= 11 is 0. The average molecular weight is 967 g/mol. The van der Waals surface area contributed by atoms with Crippen molar-refractivity contribution in [2.24, 2.45) is 35.5 Å². The Morgan fingerprint density at radius 2 is 1.39 bits per heavy atom. The van der Waals surface area contributed by atoms with Crippen molar-refractivity contribution in [1.29, 1.82) is 0 Å². The quantitative estimate of drug-likeness (QED) is 0.109. The lowest BCUT2D eigenvalue weighted by molar-refractivity contribution is -0.304. The first kappa shape index (κ1) is 58.6. The van der Waals surface area contributed by atoms with Gasteiger partial charge in [0.1, 0.15) is 30.5 Å². The van der Waals surface area contributed by atoms with Gasteiger partial charge in [0.15, 0.2) is 18.4 Å². The summed E-state index contributed by atoms with van der Waals surface area (Å²) in [5, 5.41) is 45.3. The number of likely N-dealkylation sites (N-methyl/N-ethyl adjacent to an activating group) is 1. The average Bonchev–Trinajstić information content (AvgIpc) is 3.22. The number of carbonyl (C=O) groups excluding carboxylic acids is 2. The van der Waals surface area contributed by atoms with Crippen molar-refractivity contribution >= 4 is 19.6 Å². The molecule has 19 atom stereocenters. The molecule has 0 aromatic rings. The first-order valence-electron chi connectivity index (χ1n) is 23.4. The smallest absolute Gasteiger partial charge is 0.462 e. The molecule has 4 aliphatic rings. The van der Waals surface area contributed by atoms with Crippen molar-refractivity contribution in [2.45, 2.75) is 167 Å². The van der Waals surface area contributed by atoms with Gasteiger partial charge in [-0.3, -0.25) is 9.59 Å². The van der Waals surface area contributed by atoms with Crippen molar-refractivity contribution < 1.29 is 82.4 Å². The number of aliphatic hydroxyl groups excluding tert-OH is 4. The largest absolute Gasteiger partial charge is 0.466 e. The number of likely N-dealkylation sites (tertiary alicyclic amines) is 1. The van der Waals surface area contributed by atoms with E-state index in [1.807, 2.05) is 33.8 Å². The molecule has 4 heterocycles. The predicted molar refractivity (Wildman–Crippen MR) is 243 cm³/mol. The molecule has 0 aromatic carbocycles. The Bertz CT molecular complexity index is 1580. The zero-order valence-electron chi connectivity index (χ0n) is 41.1. The van der Waals surface area contributed by atoms with Crippen molar-refractivity contribution in [3.63, 3.8) is 0 Å². The Balaban J connectivity index is 0.00000219. The zero-order chi connectivity index (χ0) is 49.8. The normalized spacial score (nSPS) is 41.9. The summed E-state index contributed by atoms with van der Waals surface area (Å²) in [6, 6.07) is -0.684.